The van der Waals surface area contributed by atoms with Crippen molar-refractivity contribution in [2.75, 3.05) is 13.6 Å². The van der Waals surface area contributed by atoms with Gasteiger partial charge in [-0.15, -0.1) is 0 Å². The molecule has 0 atom stereocenters. The van der Waals surface area contributed by atoms with Crippen molar-refractivity contribution in [2.45, 2.75) is 13.3 Å². The van der Waals surface area contributed by atoms with Gasteiger partial charge in [-0.25, -0.2) is 4.98 Å². The third-order valence-electron chi connectivity index (χ3n) is 1.95. The summed E-state index contributed by atoms with van der Waals surface area (Å²) in [5, 5.41) is 3.64. The molecule has 1 rings (SSSR count). The lowest BCUT2D eigenvalue weighted by molar-refractivity contribution is 0.809. The van der Waals surface area contributed by atoms with E-state index in [-0.39, 0.29) is 0 Å². The third-order valence-corrected chi connectivity index (χ3v) is 2.16. The Morgan fingerprint density at radius 1 is 1.50 bits per heavy atom. The summed E-state index contributed by atoms with van der Waals surface area (Å²) in [5.41, 5.74) is 2.10. The van der Waals surface area contributed by atoms with Gasteiger partial charge in [-0.05, 0) is 38.6 Å². The van der Waals surface area contributed by atoms with Gasteiger partial charge in [-0.2, -0.15) is 0 Å². The van der Waals surface area contributed by atoms with Crippen LogP contribution in [0.15, 0.2) is 18.2 Å². The summed E-state index contributed by atoms with van der Waals surface area (Å²) in [6.45, 7) is 2.96. The minimum atomic E-state index is 0.551. The van der Waals surface area contributed by atoms with E-state index in [1.807, 2.05) is 26.1 Å². The molecule has 0 saturated carbocycles. The summed E-state index contributed by atoms with van der Waals surface area (Å²) in [7, 11) is 1.95. The van der Waals surface area contributed by atoms with Gasteiger partial charge in [0.05, 0.1) is 0 Å². The molecule has 3 heteroatoms. The number of nitrogens with one attached hydrogen (secondary N) is 1. The highest BCUT2D eigenvalue weighted by Crippen LogP contribution is 2.12. The first-order valence-corrected chi connectivity index (χ1v) is 5.06. The van der Waals surface area contributed by atoms with Gasteiger partial charge in [0, 0.05) is 5.69 Å². The van der Waals surface area contributed by atoms with Crippen LogP contribution in [0.2, 0.25) is 5.15 Å². The van der Waals surface area contributed by atoms with Crippen molar-refractivity contribution >= 4 is 17.7 Å². The van der Waals surface area contributed by atoms with E-state index >= 15 is 0 Å². The number of pyridine rings is 1. The van der Waals surface area contributed by atoms with E-state index in [0.717, 1.165) is 24.2 Å². The maximum Gasteiger partial charge on any atom is 0.129 e. The summed E-state index contributed by atoms with van der Waals surface area (Å²) in [6.07, 6.45) is 5.24. The van der Waals surface area contributed by atoms with E-state index in [9.17, 15) is 0 Å². The monoisotopic (exact) mass is 210 g/mol. The SMILES string of the molecule is CNCCC=Cc1ccc(Cl)nc1C. The van der Waals surface area contributed by atoms with Crippen LogP contribution >= 0.6 is 11.6 Å². The molecule has 0 saturated heterocycles. The number of rotatable bonds is 4. The average molecular weight is 211 g/mol. The number of aryl methyl sites for hydroxylation is 1. The molecule has 1 aromatic heterocycles. The predicted molar refractivity (Wildman–Crippen MR) is 61.6 cm³/mol. The smallest absolute Gasteiger partial charge is 0.129 e. The molecule has 0 fully saturated rings. The molecule has 0 bridgehead atoms. The number of hydrogen-bond donors (Lipinski definition) is 1. The van der Waals surface area contributed by atoms with Gasteiger partial charge in [-0.1, -0.05) is 29.8 Å². The summed E-state index contributed by atoms with van der Waals surface area (Å²) in [6, 6.07) is 3.80. The van der Waals surface area contributed by atoms with Crippen LogP contribution in [0.4, 0.5) is 0 Å². The highest BCUT2D eigenvalue weighted by Gasteiger charge is 1.95. The maximum absolute atomic E-state index is 5.76. The van der Waals surface area contributed by atoms with E-state index in [0.29, 0.717) is 5.15 Å². The van der Waals surface area contributed by atoms with Crippen molar-refractivity contribution in [3.05, 3.63) is 34.6 Å². The van der Waals surface area contributed by atoms with Crippen LogP contribution in [0, 0.1) is 6.92 Å². The van der Waals surface area contributed by atoms with Crippen LogP contribution in [0.5, 0.6) is 0 Å². The number of halogens is 1. The first-order chi connectivity index (χ1) is 6.74. The van der Waals surface area contributed by atoms with Crippen molar-refractivity contribution in [1.29, 1.82) is 0 Å². The number of nitrogens with zero attached hydrogens (tertiary/aromatic N) is 1. The minimum Gasteiger partial charge on any atom is -0.319 e. The zero-order chi connectivity index (χ0) is 10.4. The Bertz CT molecular complexity index is 321. The molecule has 0 spiro atoms. The fraction of sp³-hybridized carbons (Fsp3) is 0.364. The van der Waals surface area contributed by atoms with Crippen molar-refractivity contribution in [2.24, 2.45) is 0 Å². The van der Waals surface area contributed by atoms with E-state index in [4.69, 9.17) is 11.6 Å². The van der Waals surface area contributed by atoms with Gasteiger partial charge in [0.25, 0.3) is 0 Å². The maximum atomic E-state index is 5.76. The summed E-state index contributed by atoms with van der Waals surface area (Å²) >= 11 is 5.76. The van der Waals surface area contributed by atoms with Gasteiger partial charge in [0.2, 0.25) is 0 Å². The van der Waals surface area contributed by atoms with E-state index < -0.39 is 0 Å². The first-order valence-electron chi connectivity index (χ1n) is 4.68. The van der Waals surface area contributed by atoms with Crippen LogP contribution in [0.3, 0.4) is 0 Å². The van der Waals surface area contributed by atoms with Gasteiger partial charge in [-0.3, -0.25) is 0 Å². The Labute approximate surface area is 90.0 Å². The molecule has 1 aromatic rings. The van der Waals surface area contributed by atoms with Crippen LogP contribution in [0.1, 0.15) is 17.7 Å². The van der Waals surface area contributed by atoms with Crippen LogP contribution in [0.25, 0.3) is 6.08 Å². The number of aromatic nitrogens is 1. The Kier molecular flexibility index (Phi) is 4.63. The van der Waals surface area contributed by atoms with E-state index in [1.165, 1.54) is 0 Å². The molecule has 0 unspecified atom stereocenters. The Morgan fingerprint density at radius 3 is 2.93 bits per heavy atom. The van der Waals surface area contributed by atoms with Gasteiger partial charge >= 0.3 is 0 Å². The number of hydrogen-bond acceptors (Lipinski definition) is 2. The average Bonchev–Trinajstić information content (AvgIpc) is 2.15. The molecule has 1 heterocycles. The molecule has 0 amide bonds. The molecule has 0 aliphatic heterocycles. The standard InChI is InChI=1S/C11H15ClN2/c1-9-10(5-3-4-8-13-2)6-7-11(12)14-9/h3,5-7,13H,4,8H2,1-2H3. The van der Waals surface area contributed by atoms with Crippen molar-refractivity contribution < 1.29 is 0 Å². The van der Waals surface area contributed by atoms with Crippen LogP contribution < -0.4 is 5.32 Å². The van der Waals surface area contributed by atoms with Crippen molar-refractivity contribution in [3.8, 4) is 0 Å². The van der Waals surface area contributed by atoms with E-state index in [2.05, 4.69) is 22.5 Å². The zero-order valence-electron chi connectivity index (χ0n) is 8.55. The Morgan fingerprint density at radius 2 is 2.29 bits per heavy atom. The van der Waals surface area contributed by atoms with Crippen molar-refractivity contribution in [3.63, 3.8) is 0 Å². The molecule has 0 radical (unpaired) electrons. The van der Waals surface area contributed by atoms with Gasteiger partial charge in [0.15, 0.2) is 0 Å². The highest BCUT2D eigenvalue weighted by atomic mass is 35.5. The normalized spacial score (nSPS) is 11.1. The quantitative estimate of drug-likeness (QED) is 0.611. The summed E-state index contributed by atoms with van der Waals surface area (Å²) in [5.74, 6) is 0. The van der Waals surface area contributed by atoms with Gasteiger partial charge < -0.3 is 5.32 Å². The van der Waals surface area contributed by atoms with Crippen LogP contribution in [-0.2, 0) is 0 Å². The molecule has 0 aliphatic carbocycles. The lowest BCUT2D eigenvalue weighted by atomic mass is 10.2. The molecule has 76 valence electrons. The fourth-order valence-electron chi connectivity index (χ4n) is 1.16. The summed E-state index contributed by atoms with van der Waals surface area (Å²) < 4.78 is 0. The Hall–Kier alpha value is -0.860. The van der Waals surface area contributed by atoms with E-state index in [1.54, 1.807) is 0 Å². The minimum absolute atomic E-state index is 0.551. The molecular weight excluding hydrogens is 196 g/mol. The highest BCUT2D eigenvalue weighted by molar-refractivity contribution is 6.29. The second-order valence-corrected chi connectivity index (χ2v) is 3.49. The molecule has 2 nitrogen and oxygen atoms in total. The second-order valence-electron chi connectivity index (χ2n) is 3.10. The lowest BCUT2D eigenvalue weighted by Crippen LogP contribution is -2.05. The van der Waals surface area contributed by atoms with Crippen molar-refractivity contribution in [1.82, 2.24) is 10.3 Å². The van der Waals surface area contributed by atoms with Crippen LogP contribution in [-0.4, -0.2) is 18.6 Å². The molecule has 0 aliphatic rings. The second kappa shape index (κ2) is 5.78. The summed E-state index contributed by atoms with van der Waals surface area (Å²) in [4.78, 5) is 4.17. The molecular formula is C11H15ClN2. The lowest BCUT2D eigenvalue weighted by Gasteiger charge is -1.99. The molecule has 0 aromatic carbocycles. The Balaban J connectivity index is 2.62. The predicted octanol–water partition coefficient (Wildman–Crippen LogP) is 2.67. The third kappa shape index (κ3) is 3.48. The largest absolute Gasteiger partial charge is 0.319 e. The molecule has 1 N–H and O–H groups in total. The molecule has 14 heavy (non-hydrogen) atoms. The fourth-order valence-corrected chi connectivity index (χ4v) is 1.35. The zero-order valence-corrected chi connectivity index (χ0v) is 9.30. The van der Waals surface area contributed by atoms with Gasteiger partial charge in [0.1, 0.15) is 5.15 Å². The first kappa shape index (κ1) is 11.2. The topological polar surface area (TPSA) is 24.9 Å².